The number of halogens is 1. The van der Waals surface area contributed by atoms with E-state index in [0.29, 0.717) is 0 Å². The first-order valence-electron chi connectivity index (χ1n) is 3.95. The zero-order valence-electron chi connectivity index (χ0n) is 6.53. The van der Waals surface area contributed by atoms with E-state index in [1.165, 1.54) is 0 Å². The summed E-state index contributed by atoms with van der Waals surface area (Å²) in [6, 6.07) is 3.99. The third-order valence-corrected chi connectivity index (χ3v) is 4.19. The molecule has 66 valence electrons. The van der Waals surface area contributed by atoms with Crippen molar-refractivity contribution in [3.63, 3.8) is 0 Å². The van der Waals surface area contributed by atoms with Crippen LogP contribution >= 0.6 is 30.3 Å². The van der Waals surface area contributed by atoms with Crippen LogP contribution < -0.4 is 0 Å². The molecule has 2 rings (SSSR count). The summed E-state index contributed by atoms with van der Waals surface area (Å²) in [6.07, 6.45) is 4.96. The van der Waals surface area contributed by atoms with Gasteiger partial charge in [-0.05, 0) is 31.4 Å². The number of hydrogen-bond donors (Lipinski definition) is 1. The molecule has 0 bridgehead atoms. The second-order valence-electron chi connectivity index (χ2n) is 3.17. The Kier molecular flexibility index (Phi) is 2.39. The van der Waals surface area contributed by atoms with Crippen LogP contribution in [0.2, 0.25) is 0 Å². The second-order valence-corrected chi connectivity index (χ2v) is 4.89. The highest BCUT2D eigenvalue weighted by atomic mass is 127. The van der Waals surface area contributed by atoms with Gasteiger partial charge in [-0.1, -0.05) is 0 Å². The molecule has 0 spiro atoms. The first-order chi connectivity index (χ1) is 5.76. The predicted octanol–water partition coefficient (Wildman–Crippen LogP) is 2.71. The van der Waals surface area contributed by atoms with Crippen LogP contribution in [0.25, 0.3) is 0 Å². The van der Waals surface area contributed by atoms with E-state index >= 15 is 0 Å². The molecule has 1 N–H and O–H groups in total. The molecule has 0 radical (unpaired) electrons. The topological polar surface area (TPSA) is 25.2 Å². The molecule has 1 aromatic rings. The Morgan fingerprint density at radius 3 is 2.83 bits per heavy atom. The van der Waals surface area contributed by atoms with Crippen molar-refractivity contribution in [3.8, 4) is 0 Å². The molecule has 12 heavy (non-hydrogen) atoms. The van der Waals surface area contributed by atoms with E-state index in [1.54, 1.807) is 9.12 Å². The van der Waals surface area contributed by atoms with E-state index in [9.17, 15) is 5.11 Å². The molecule has 1 fully saturated rings. The minimum atomic E-state index is -0.526. The van der Waals surface area contributed by atoms with E-state index in [1.807, 2.05) is 22.3 Å². The summed E-state index contributed by atoms with van der Waals surface area (Å²) in [5.41, 5.74) is 0.523. The highest BCUT2D eigenvalue weighted by Crippen LogP contribution is 2.42. The van der Waals surface area contributed by atoms with Gasteiger partial charge < -0.3 is 5.11 Å². The van der Waals surface area contributed by atoms with Gasteiger partial charge in [-0.25, -0.2) is 0 Å². The highest BCUT2D eigenvalue weighted by Gasteiger charge is 2.38. The highest BCUT2D eigenvalue weighted by molar-refractivity contribution is 14.2. The first kappa shape index (κ1) is 8.90. The van der Waals surface area contributed by atoms with E-state index in [-0.39, 0.29) is 0 Å². The Morgan fingerprint density at radius 2 is 2.33 bits per heavy atom. The molecular weight excluding hydrogens is 285 g/mol. The Bertz CT molecular complexity index is 282. The maximum Gasteiger partial charge on any atom is 0.105 e. The van der Waals surface area contributed by atoms with Gasteiger partial charge in [0, 0.05) is 36.5 Å². The summed E-state index contributed by atoms with van der Waals surface area (Å²) in [4.78, 5) is 0. The number of rotatable bonds is 2. The zero-order chi connectivity index (χ0) is 8.60. The number of aliphatic hydroxyl groups is 1. The van der Waals surface area contributed by atoms with Crippen molar-refractivity contribution in [2.24, 2.45) is 0 Å². The Balaban J connectivity index is 2.31. The van der Waals surface area contributed by atoms with Crippen LogP contribution in [0.1, 0.15) is 25.0 Å². The van der Waals surface area contributed by atoms with Gasteiger partial charge in [0.15, 0.2) is 0 Å². The van der Waals surface area contributed by atoms with Crippen molar-refractivity contribution in [1.82, 2.24) is 3.97 Å². The van der Waals surface area contributed by atoms with Crippen LogP contribution in [0, 0.1) is 0 Å². The fourth-order valence-corrected chi connectivity index (χ4v) is 3.01. The molecule has 1 aliphatic rings. The maximum absolute atomic E-state index is 10.0. The van der Waals surface area contributed by atoms with Crippen LogP contribution in [0.15, 0.2) is 18.3 Å². The second kappa shape index (κ2) is 3.23. The number of nitrogens with zero attached hydrogens (tertiary/aromatic N) is 1. The molecule has 0 atom stereocenters. The van der Waals surface area contributed by atoms with Gasteiger partial charge in [-0.15, -0.1) is 0 Å². The smallest absolute Gasteiger partial charge is 0.105 e. The maximum atomic E-state index is 10.0. The lowest BCUT2D eigenvalue weighted by Gasteiger charge is -2.36. The minimum Gasteiger partial charge on any atom is -0.384 e. The van der Waals surface area contributed by atoms with Crippen molar-refractivity contribution in [1.29, 1.82) is 0 Å². The van der Waals surface area contributed by atoms with Gasteiger partial charge in [0.2, 0.25) is 0 Å². The molecular formula is C8H10INOS. The Labute approximate surface area is 88.1 Å². The van der Waals surface area contributed by atoms with Crippen molar-refractivity contribution >= 4 is 30.3 Å². The number of hydrogen-bond acceptors (Lipinski definition) is 2. The fourth-order valence-electron chi connectivity index (χ4n) is 1.55. The molecule has 1 heterocycles. The predicted molar refractivity (Wildman–Crippen MR) is 59.2 cm³/mol. The van der Waals surface area contributed by atoms with Crippen LogP contribution in [0.4, 0.5) is 0 Å². The van der Waals surface area contributed by atoms with Crippen molar-refractivity contribution in [2.75, 3.05) is 0 Å². The Morgan fingerprint density at radius 1 is 1.58 bits per heavy atom. The lowest BCUT2D eigenvalue weighted by Crippen LogP contribution is -2.35. The van der Waals surface area contributed by atoms with Gasteiger partial charge in [-0.3, -0.25) is 3.97 Å². The number of aromatic nitrogens is 1. The molecule has 1 aromatic heterocycles. The van der Waals surface area contributed by atoms with Crippen LogP contribution in [-0.4, -0.2) is 9.08 Å². The third-order valence-electron chi connectivity index (χ3n) is 2.44. The zero-order valence-corrected chi connectivity index (χ0v) is 9.51. The van der Waals surface area contributed by atoms with Gasteiger partial charge >= 0.3 is 0 Å². The van der Waals surface area contributed by atoms with E-state index in [0.717, 1.165) is 25.0 Å². The summed E-state index contributed by atoms with van der Waals surface area (Å²) < 4.78 is 2.03. The van der Waals surface area contributed by atoms with Crippen LogP contribution in [0.5, 0.6) is 0 Å². The van der Waals surface area contributed by atoms with Crippen molar-refractivity contribution in [2.45, 2.75) is 24.9 Å². The SMILES string of the molecule is OC1(c2cccn2SI)CCC1. The molecule has 2 nitrogen and oxygen atoms in total. The quantitative estimate of drug-likeness (QED) is 0.849. The molecule has 4 heteroatoms. The molecule has 0 unspecified atom stereocenters. The van der Waals surface area contributed by atoms with E-state index in [4.69, 9.17) is 0 Å². The van der Waals surface area contributed by atoms with Gasteiger partial charge in [0.25, 0.3) is 0 Å². The summed E-state index contributed by atoms with van der Waals surface area (Å²) >= 11 is 2.22. The molecule has 0 saturated heterocycles. The average Bonchev–Trinajstić information content (AvgIpc) is 2.47. The van der Waals surface area contributed by atoms with Crippen LogP contribution in [-0.2, 0) is 5.60 Å². The van der Waals surface area contributed by atoms with Gasteiger partial charge in [0.05, 0.1) is 5.69 Å². The molecule has 1 saturated carbocycles. The molecule has 1 aliphatic carbocycles. The van der Waals surface area contributed by atoms with Crippen molar-refractivity contribution < 1.29 is 5.11 Å². The third kappa shape index (κ3) is 1.29. The fraction of sp³-hybridized carbons (Fsp3) is 0.500. The summed E-state index contributed by atoms with van der Waals surface area (Å²) in [5.74, 6) is 0. The van der Waals surface area contributed by atoms with E-state index < -0.39 is 5.60 Å². The van der Waals surface area contributed by atoms with Crippen LogP contribution in [0.3, 0.4) is 0 Å². The minimum absolute atomic E-state index is 0.526. The first-order valence-corrected chi connectivity index (χ1v) is 7.27. The largest absolute Gasteiger partial charge is 0.384 e. The summed E-state index contributed by atoms with van der Waals surface area (Å²) in [6.45, 7) is 0. The van der Waals surface area contributed by atoms with Gasteiger partial charge in [-0.2, -0.15) is 0 Å². The summed E-state index contributed by atoms with van der Waals surface area (Å²) in [7, 11) is 1.60. The van der Waals surface area contributed by atoms with Gasteiger partial charge in [0.1, 0.15) is 5.60 Å². The summed E-state index contributed by atoms with van der Waals surface area (Å²) in [5, 5.41) is 10.0. The normalized spacial score (nSPS) is 20.5. The Hall–Kier alpha value is 0.320. The molecule has 0 aliphatic heterocycles. The van der Waals surface area contributed by atoms with E-state index in [2.05, 4.69) is 21.2 Å². The lowest BCUT2D eigenvalue weighted by atomic mass is 9.78. The molecule has 0 aromatic carbocycles. The standard InChI is InChI=1S/C8H10INOS/c9-12-10-6-1-3-7(10)8(11)4-2-5-8/h1,3,6,11H,2,4-5H2. The lowest BCUT2D eigenvalue weighted by molar-refractivity contribution is -0.0429. The molecule has 0 amide bonds. The average molecular weight is 295 g/mol. The van der Waals surface area contributed by atoms with Crippen molar-refractivity contribution in [3.05, 3.63) is 24.0 Å². The monoisotopic (exact) mass is 295 g/mol.